The quantitative estimate of drug-likeness (QED) is 0.575. The van der Waals surface area contributed by atoms with Crippen LogP contribution in [0.2, 0.25) is 0 Å². The van der Waals surface area contributed by atoms with E-state index in [1.54, 1.807) is 7.05 Å². The van der Waals surface area contributed by atoms with Crippen molar-refractivity contribution in [2.24, 2.45) is 10.9 Å². The van der Waals surface area contributed by atoms with Crippen LogP contribution in [0.15, 0.2) is 35.6 Å². The summed E-state index contributed by atoms with van der Waals surface area (Å²) in [6, 6.07) is 8.22. The summed E-state index contributed by atoms with van der Waals surface area (Å²) in [4.78, 5) is 8.41. The lowest BCUT2D eigenvalue weighted by Crippen LogP contribution is -2.37. The molecule has 1 aliphatic rings. The van der Waals surface area contributed by atoms with Gasteiger partial charge in [-0.25, -0.2) is 4.98 Å². The molecule has 0 spiro atoms. The van der Waals surface area contributed by atoms with Crippen LogP contribution in [0.3, 0.4) is 0 Å². The first-order chi connectivity index (χ1) is 10.3. The van der Waals surface area contributed by atoms with E-state index in [1.165, 1.54) is 24.7 Å². The SMILES string of the molecule is CN=C(NCc1cccc(-c2ncn[nH]2)c1)NCC1CC1. The van der Waals surface area contributed by atoms with Gasteiger partial charge in [0, 0.05) is 25.7 Å². The second-order valence-corrected chi connectivity index (χ2v) is 5.28. The predicted octanol–water partition coefficient (Wildman–Crippen LogP) is 1.55. The highest BCUT2D eigenvalue weighted by molar-refractivity contribution is 5.79. The van der Waals surface area contributed by atoms with Crippen LogP contribution in [0.5, 0.6) is 0 Å². The molecule has 3 N–H and O–H groups in total. The zero-order valence-electron chi connectivity index (χ0n) is 12.1. The van der Waals surface area contributed by atoms with Crippen molar-refractivity contribution < 1.29 is 0 Å². The van der Waals surface area contributed by atoms with E-state index in [0.717, 1.165) is 36.4 Å². The second-order valence-electron chi connectivity index (χ2n) is 5.28. The molecule has 0 saturated heterocycles. The fourth-order valence-corrected chi connectivity index (χ4v) is 2.14. The van der Waals surface area contributed by atoms with Crippen LogP contribution in [-0.4, -0.2) is 34.7 Å². The third kappa shape index (κ3) is 3.81. The second kappa shape index (κ2) is 6.39. The van der Waals surface area contributed by atoms with E-state index in [9.17, 15) is 0 Å². The molecule has 0 aliphatic heterocycles. The molecule has 0 bridgehead atoms. The molecule has 1 fully saturated rings. The number of aromatic amines is 1. The maximum absolute atomic E-state index is 4.24. The van der Waals surface area contributed by atoms with Crippen LogP contribution in [0.4, 0.5) is 0 Å². The van der Waals surface area contributed by atoms with Gasteiger partial charge in [-0.15, -0.1) is 0 Å². The number of guanidine groups is 1. The van der Waals surface area contributed by atoms with Crippen LogP contribution >= 0.6 is 0 Å². The van der Waals surface area contributed by atoms with Crippen molar-refractivity contribution in [2.45, 2.75) is 19.4 Å². The highest BCUT2D eigenvalue weighted by Gasteiger charge is 2.20. The fourth-order valence-electron chi connectivity index (χ4n) is 2.14. The standard InChI is InChI=1S/C15H20N6/c1-16-15(17-8-11-5-6-11)18-9-12-3-2-4-13(7-12)14-19-10-20-21-14/h2-4,7,10-11H,5-6,8-9H2,1H3,(H2,16,17,18)(H,19,20,21). The predicted molar refractivity (Wildman–Crippen MR) is 82.7 cm³/mol. The Kier molecular flexibility index (Phi) is 4.14. The third-order valence-electron chi connectivity index (χ3n) is 3.55. The summed E-state index contributed by atoms with van der Waals surface area (Å²) in [6.07, 6.45) is 4.19. The summed E-state index contributed by atoms with van der Waals surface area (Å²) >= 11 is 0. The van der Waals surface area contributed by atoms with Crippen molar-refractivity contribution in [3.05, 3.63) is 36.2 Å². The molecule has 1 aromatic heterocycles. The first kappa shape index (κ1) is 13.6. The molecule has 0 unspecified atom stereocenters. The number of aliphatic imine (C=N–C) groups is 1. The zero-order chi connectivity index (χ0) is 14.5. The van der Waals surface area contributed by atoms with E-state index in [2.05, 4.69) is 42.9 Å². The Hall–Kier alpha value is -2.37. The molecular weight excluding hydrogens is 264 g/mol. The van der Waals surface area contributed by atoms with Gasteiger partial charge >= 0.3 is 0 Å². The van der Waals surface area contributed by atoms with E-state index in [4.69, 9.17) is 0 Å². The molecule has 6 heteroatoms. The number of benzene rings is 1. The number of hydrogen-bond acceptors (Lipinski definition) is 3. The van der Waals surface area contributed by atoms with E-state index in [1.807, 2.05) is 12.1 Å². The Morgan fingerprint density at radius 1 is 1.38 bits per heavy atom. The summed E-state index contributed by atoms with van der Waals surface area (Å²) in [7, 11) is 1.80. The molecule has 0 amide bonds. The number of nitrogens with zero attached hydrogens (tertiary/aromatic N) is 3. The summed E-state index contributed by atoms with van der Waals surface area (Å²) < 4.78 is 0. The molecule has 6 nitrogen and oxygen atoms in total. The normalized spacial score (nSPS) is 15.0. The third-order valence-corrected chi connectivity index (χ3v) is 3.55. The largest absolute Gasteiger partial charge is 0.356 e. The summed E-state index contributed by atoms with van der Waals surface area (Å²) in [5.41, 5.74) is 2.21. The van der Waals surface area contributed by atoms with Gasteiger partial charge in [0.05, 0.1) is 0 Å². The van der Waals surface area contributed by atoms with E-state index in [-0.39, 0.29) is 0 Å². The number of nitrogens with one attached hydrogen (secondary N) is 3. The van der Waals surface area contributed by atoms with Crippen LogP contribution in [0.1, 0.15) is 18.4 Å². The summed E-state index contributed by atoms with van der Waals surface area (Å²) in [5, 5.41) is 13.4. The molecule has 1 saturated carbocycles. The van der Waals surface area contributed by atoms with E-state index < -0.39 is 0 Å². The monoisotopic (exact) mass is 284 g/mol. The molecule has 0 atom stereocenters. The minimum absolute atomic E-state index is 0.728. The lowest BCUT2D eigenvalue weighted by molar-refractivity contribution is 0.737. The molecule has 0 radical (unpaired) electrons. The molecule has 1 aromatic carbocycles. The molecule has 1 heterocycles. The summed E-state index contributed by atoms with van der Waals surface area (Å²) in [5.74, 6) is 2.47. The lowest BCUT2D eigenvalue weighted by atomic mass is 10.1. The maximum Gasteiger partial charge on any atom is 0.191 e. The van der Waals surface area contributed by atoms with Gasteiger partial charge < -0.3 is 10.6 Å². The molecule has 2 aromatic rings. The first-order valence-electron chi connectivity index (χ1n) is 7.24. The fraction of sp³-hybridized carbons (Fsp3) is 0.400. The Balaban J connectivity index is 1.58. The van der Waals surface area contributed by atoms with Crippen molar-refractivity contribution >= 4 is 5.96 Å². The Labute approximate surface area is 124 Å². The Bertz CT molecular complexity index is 600. The van der Waals surface area contributed by atoms with Crippen LogP contribution < -0.4 is 10.6 Å². The van der Waals surface area contributed by atoms with Gasteiger partial charge in [0.2, 0.25) is 0 Å². The highest BCUT2D eigenvalue weighted by Crippen LogP contribution is 2.27. The van der Waals surface area contributed by atoms with Crippen LogP contribution in [-0.2, 0) is 6.54 Å². The Morgan fingerprint density at radius 3 is 3.00 bits per heavy atom. The molecule has 1 aliphatic carbocycles. The number of H-pyrrole nitrogens is 1. The van der Waals surface area contributed by atoms with Crippen LogP contribution in [0.25, 0.3) is 11.4 Å². The van der Waals surface area contributed by atoms with Crippen LogP contribution in [0, 0.1) is 5.92 Å². The average Bonchev–Trinajstić information content (AvgIpc) is 3.19. The van der Waals surface area contributed by atoms with Crippen molar-refractivity contribution in [1.82, 2.24) is 25.8 Å². The topological polar surface area (TPSA) is 78.0 Å². The minimum atomic E-state index is 0.728. The van der Waals surface area contributed by atoms with Gasteiger partial charge in [-0.3, -0.25) is 10.1 Å². The Morgan fingerprint density at radius 2 is 2.29 bits per heavy atom. The van der Waals surface area contributed by atoms with Crippen molar-refractivity contribution in [2.75, 3.05) is 13.6 Å². The maximum atomic E-state index is 4.24. The van der Waals surface area contributed by atoms with Gasteiger partial charge in [-0.05, 0) is 30.4 Å². The van der Waals surface area contributed by atoms with Gasteiger partial charge in [0.25, 0.3) is 0 Å². The summed E-state index contributed by atoms with van der Waals surface area (Å²) in [6.45, 7) is 1.74. The van der Waals surface area contributed by atoms with Crippen molar-refractivity contribution in [1.29, 1.82) is 0 Å². The minimum Gasteiger partial charge on any atom is -0.356 e. The molecule has 110 valence electrons. The lowest BCUT2D eigenvalue weighted by Gasteiger charge is -2.11. The number of aromatic nitrogens is 3. The highest BCUT2D eigenvalue weighted by atomic mass is 15.2. The van der Waals surface area contributed by atoms with Crippen molar-refractivity contribution in [3.63, 3.8) is 0 Å². The average molecular weight is 284 g/mol. The number of hydrogen-bond donors (Lipinski definition) is 3. The smallest absolute Gasteiger partial charge is 0.191 e. The molecular formula is C15H20N6. The van der Waals surface area contributed by atoms with Gasteiger partial charge in [-0.1, -0.05) is 18.2 Å². The first-order valence-corrected chi connectivity index (χ1v) is 7.24. The van der Waals surface area contributed by atoms with Gasteiger partial charge in [0.1, 0.15) is 6.33 Å². The molecule has 3 rings (SSSR count). The van der Waals surface area contributed by atoms with Crippen molar-refractivity contribution in [3.8, 4) is 11.4 Å². The molecule has 21 heavy (non-hydrogen) atoms. The zero-order valence-corrected chi connectivity index (χ0v) is 12.1. The number of rotatable bonds is 5. The van der Waals surface area contributed by atoms with E-state index >= 15 is 0 Å². The van der Waals surface area contributed by atoms with E-state index in [0.29, 0.717) is 0 Å². The van der Waals surface area contributed by atoms with Gasteiger partial charge in [-0.2, -0.15) is 5.10 Å². The van der Waals surface area contributed by atoms with Gasteiger partial charge in [0.15, 0.2) is 11.8 Å².